The molecule has 1 aliphatic rings. The van der Waals surface area contributed by atoms with E-state index in [9.17, 15) is 22.0 Å². The zero-order chi connectivity index (χ0) is 29.4. The Balaban J connectivity index is 1.30. The van der Waals surface area contributed by atoms with Crippen LogP contribution in [0.15, 0.2) is 42.5 Å². The molecule has 1 heterocycles. The second-order valence-electron chi connectivity index (χ2n) is 10.7. The van der Waals surface area contributed by atoms with Gasteiger partial charge in [0.25, 0.3) is 0 Å². The Morgan fingerprint density at radius 3 is 2.22 bits per heavy atom. The van der Waals surface area contributed by atoms with Crippen LogP contribution in [0, 0.1) is 23.4 Å². The van der Waals surface area contributed by atoms with Gasteiger partial charge in [-0.05, 0) is 59.9 Å². The molecule has 0 atom stereocenters. The summed E-state index contributed by atoms with van der Waals surface area (Å²) in [6, 6.07) is 10.8. The molecule has 3 nitrogen and oxygen atoms in total. The van der Waals surface area contributed by atoms with Gasteiger partial charge in [-0.3, -0.25) is 0 Å². The number of halogens is 6. The summed E-state index contributed by atoms with van der Waals surface area (Å²) < 4.78 is 96.7. The lowest BCUT2D eigenvalue weighted by molar-refractivity contribution is -0.203. The normalized spacial score (nSPS) is 17.7. The van der Waals surface area contributed by atoms with Crippen molar-refractivity contribution in [2.75, 3.05) is 19.8 Å². The first kappa shape index (κ1) is 31.2. The van der Waals surface area contributed by atoms with Crippen molar-refractivity contribution in [1.82, 2.24) is 0 Å². The minimum absolute atomic E-state index is 0.0921. The zero-order valence-corrected chi connectivity index (χ0v) is 23.2. The van der Waals surface area contributed by atoms with E-state index in [0.29, 0.717) is 23.3 Å². The van der Waals surface area contributed by atoms with Crippen LogP contribution in [0.1, 0.15) is 62.1 Å². The molecule has 0 bridgehead atoms. The number of benzene rings is 3. The van der Waals surface area contributed by atoms with Gasteiger partial charge < -0.3 is 14.2 Å². The Bertz CT molecular complexity index is 1260. The number of hydrogen-bond acceptors (Lipinski definition) is 3. The highest BCUT2D eigenvalue weighted by Crippen LogP contribution is 2.28. The number of fused-ring (bicyclic) bond motifs is 1. The average Bonchev–Trinajstić information content (AvgIpc) is 2.93. The van der Waals surface area contributed by atoms with Gasteiger partial charge in [-0.2, -0.15) is 13.2 Å². The number of alkyl halides is 3. The Morgan fingerprint density at radius 2 is 1.54 bits per heavy atom. The number of aryl methyl sites for hydroxylation is 3. The molecule has 0 spiro atoms. The van der Waals surface area contributed by atoms with E-state index in [1.54, 1.807) is 12.1 Å². The van der Waals surface area contributed by atoms with Gasteiger partial charge in [0, 0.05) is 17.7 Å². The molecule has 0 unspecified atom stereocenters. The van der Waals surface area contributed by atoms with Crippen molar-refractivity contribution < 1.29 is 40.6 Å². The van der Waals surface area contributed by atoms with Gasteiger partial charge >= 0.3 is 6.18 Å². The van der Waals surface area contributed by atoms with Crippen molar-refractivity contribution in [3.8, 4) is 5.75 Å². The summed E-state index contributed by atoms with van der Waals surface area (Å²) in [6.07, 6.45) is 2.80. The molecular weight excluding hydrogens is 546 g/mol. The van der Waals surface area contributed by atoms with Crippen molar-refractivity contribution in [3.63, 3.8) is 0 Å². The van der Waals surface area contributed by atoms with Gasteiger partial charge in [0.1, 0.15) is 5.82 Å². The third-order valence-corrected chi connectivity index (χ3v) is 7.39. The predicted molar refractivity (Wildman–Crippen MR) is 145 cm³/mol. The molecule has 4 rings (SSSR count). The van der Waals surface area contributed by atoms with Crippen LogP contribution in [0.2, 0.25) is 0 Å². The van der Waals surface area contributed by atoms with Gasteiger partial charge in [-0.15, -0.1) is 0 Å². The summed E-state index contributed by atoms with van der Waals surface area (Å²) in [7, 11) is 0. The maximum absolute atomic E-state index is 15.3. The molecule has 9 heteroatoms. The van der Waals surface area contributed by atoms with E-state index in [-0.39, 0.29) is 24.7 Å². The van der Waals surface area contributed by atoms with E-state index in [1.165, 1.54) is 25.7 Å². The van der Waals surface area contributed by atoms with Crippen molar-refractivity contribution >= 4 is 10.8 Å². The maximum Gasteiger partial charge on any atom is 0.422 e. The molecule has 0 radical (unpaired) electrons. The molecular formula is C32H36F6O3. The largest absolute Gasteiger partial charge is 0.478 e. The van der Waals surface area contributed by atoms with Gasteiger partial charge in [0.05, 0.1) is 13.2 Å². The zero-order valence-electron chi connectivity index (χ0n) is 23.2. The Kier molecular flexibility index (Phi) is 10.9. The Labute approximate surface area is 236 Å². The quantitative estimate of drug-likeness (QED) is 0.149. The summed E-state index contributed by atoms with van der Waals surface area (Å²) in [5, 5.41) is 1.18. The van der Waals surface area contributed by atoms with E-state index < -0.39 is 36.0 Å². The topological polar surface area (TPSA) is 27.7 Å². The molecule has 1 aliphatic heterocycles. The van der Waals surface area contributed by atoms with Gasteiger partial charge in [-0.1, -0.05) is 62.9 Å². The van der Waals surface area contributed by atoms with Gasteiger partial charge in [-0.25, -0.2) is 13.2 Å². The van der Waals surface area contributed by atoms with Crippen molar-refractivity contribution in [2.45, 2.75) is 77.2 Å². The van der Waals surface area contributed by atoms with Crippen LogP contribution in [0.4, 0.5) is 26.3 Å². The minimum atomic E-state index is -4.72. The van der Waals surface area contributed by atoms with Gasteiger partial charge in [0.15, 0.2) is 30.3 Å². The molecule has 0 aliphatic carbocycles. The highest BCUT2D eigenvalue weighted by atomic mass is 19.4. The fraction of sp³-hybridized carbons (Fsp3) is 0.500. The SMILES string of the molecule is CCCCCCC1COC(CCc2ccc3c(F)c(CCc4cc(F)c(OCC(F)(F)F)c(F)c4)ccc3c2)OC1. The fourth-order valence-corrected chi connectivity index (χ4v) is 5.12. The molecule has 41 heavy (non-hydrogen) atoms. The molecule has 0 aromatic heterocycles. The molecule has 1 fully saturated rings. The molecule has 0 N–H and O–H groups in total. The van der Waals surface area contributed by atoms with Crippen LogP contribution >= 0.6 is 0 Å². The van der Waals surface area contributed by atoms with Crippen LogP contribution < -0.4 is 4.74 Å². The smallest absolute Gasteiger partial charge is 0.422 e. The van der Waals surface area contributed by atoms with Crippen molar-refractivity contribution in [1.29, 1.82) is 0 Å². The first-order chi connectivity index (χ1) is 19.6. The predicted octanol–water partition coefficient (Wildman–Crippen LogP) is 8.88. The number of ether oxygens (including phenoxy) is 3. The maximum atomic E-state index is 15.3. The highest BCUT2D eigenvalue weighted by Gasteiger charge is 2.30. The molecule has 1 saturated heterocycles. The van der Waals surface area contributed by atoms with E-state index in [0.717, 1.165) is 49.1 Å². The summed E-state index contributed by atoms with van der Waals surface area (Å²) in [4.78, 5) is 0. The van der Waals surface area contributed by atoms with Crippen LogP contribution in [0.25, 0.3) is 10.8 Å². The second kappa shape index (κ2) is 14.4. The molecule has 3 aromatic rings. The van der Waals surface area contributed by atoms with E-state index in [1.807, 2.05) is 18.2 Å². The first-order valence-electron chi connectivity index (χ1n) is 14.2. The molecule has 3 aromatic carbocycles. The Hall–Kier alpha value is -2.78. The molecule has 224 valence electrons. The van der Waals surface area contributed by atoms with Crippen LogP contribution in [0.3, 0.4) is 0 Å². The highest BCUT2D eigenvalue weighted by molar-refractivity contribution is 5.84. The minimum Gasteiger partial charge on any atom is -0.478 e. The third-order valence-electron chi connectivity index (χ3n) is 7.39. The lowest BCUT2D eigenvalue weighted by atomic mass is 9.98. The first-order valence-corrected chi connectivity index (χ1v) is 14.2. The van der Waals surface area contributed by atoms with Crippen molar-refractivity contribution in [2.24, 2.45) is 5.92 Å². The second-order valence-corrected chi connectivity index (χ2v) is 10.7. The van der Waals surface area contributed by atoms with Crippen LogP contribution in [-0.4, -0.2) is 32.3 Å². The van der Waals surface area contributed by atoms with E-state index in [2.05, 4.69) is 11.7 Å². The van der Waals surface area contributed by atoms with Gasteiger partial charge in [0.2, 0.25) is 0 Å². The summed E-state index contributed by atoms with van der Waals surface area (Å²) in [5.41, 5.74) is 1.60. The molecule has 0 amide bonds. The summed E-state index contributed by atoms with van der Waals surface area (Å²) in [6.45, 7) is 1.84. The molecule has 0 saturated carbocycles. The summed E-state index contributed by atoms with van der Waals surface area (Å²) >= 11 is 0. The number of rotatable bonds is 13. The van der Waals surface area contributed by atoms with Crippen LogP contribution in [-0.2, 0) is 28.7 Å². The monoisotopic (exact) mass is 582 g/mol. The average molecular weight is 583 g/mol. The lowest BCUT2D eigenvalue weighted by Crippen LogP contribution is -2.32. The van der Waals surface area contributed by atoms with E-state index in [4.69, 9.17) is 9.47 Å². The fourth-order valence-electron chi connectivity index (χ4n) is 5.12. The lowest BCUT2D eigenvalue weighted by Gasteiger charge is -2.29. The third kappa shape index (κ3) is 9.10. The van der Waals surface area contributed by atoms with Crippen molar-refractivity contribution in [3.05, 3.63) is 76.6 Å². The number of hydrogen-bond donors (Lipinski definition) is 0. The Morgan fingerprint density at radius 1 is 0.805 bits per heavy atom. The van der Waals surface area contributed by atoms with E-state index >= 15 is 4.39 Å². The number of unbranched alkanes of at least 4 members (excludes halogenated alkanes) is 3. The van der Waals surface area contributed by atoms with Crippen LogP contribution in [0.5, 0.6) is 5.75 Å². The summed E-state index contributed by atoms with van der Waals surface area (Å²) in [5.74, 6) is -3.51. The standard InChI is InChI=1S/C32H36F6O3/c1-2-3-4-5-6-23-18-39-29(40-19-23)14-9-21-8-13-26-25(15-21)12-11-24(30(26)35)10-7-22-16-27(33)31(28(34)17-22)41-20-32(36,37)38/h8,11-13,15-17,23,29H,2-7,9-10,14,18-20H2,1H3.